The molecule has 11 heavy (non-hydrogen) atoms. The van der Waals surface area contributed by atoms with Gasteiger partial charge in [0.05, 0.1) is 0 Å². The van der Waals surface area contributed by atoms with Crippen LogP contribution in [0.2, 0.25) is 0 Å². The highest BCUT2D eigenvalue weighted by Crippen LogP contribution is 2.36. The summed E-state index contributed by atoms with van der Waals surface area (Å²) in [5, 5.41) is 3.49. The predicted octanol–water partition coefficient (Wildman–Crippen LogP) is 2.43. The zero-order chi connectivity index (χ0) is 7.61. The van der Waals surface area contributed by atoms with E-state index in [1.54, 1.807) is 0 Å². The maximum atomic E-state index is 5.78. The van der Waals surface area contributed by atoms with Crippen molar-refractivity contribution in [3.05, 3.63) is 0 Å². The van der Waals surface area contributed by atoms with Gasteiger partial charge in [-0.2, -0.15) is 0 Å². The first kappa shape index (κ1) is 11.5. The number of nitrogens with one attached hydrogen (secondary N) is 1. The first-order chi connectivity index (χ1) is 4.68. The molecule has 0 heterocycles. The van der Waals surface area contributed by atoms with E-state index in [1.807, 2.05) is 0 Å². The lowest BCUT2D eigenvalue weighted by molar-refractivity contribution is 0.477. The molecule has 0 atom stereocenters. The van der Waals surface area contributed by atoms with Crippen LogP contribution in [0.1, 0.15) is 26.7 Å². The van der Waals surface area contributed by atoms with Crippen molar-refractivity contribution < 1.29 is 0 Å². The summed E-state index contributed by atoms with van der Waals surface area (Å²) in [6.07, 6.45) is 2.53. The van der Waals surface area contributed by atoms with E-state index in [4.69, 9.17) is 11.6 Å². The lowest BCUT2D eigenvalue weighted by Gasteiger charge is -2.15. The highest BCUT2D eigenvalue weighted by molar-refractivity contribution is 6.18. The van der Waals surface area contributed by atoms with Gasteiger partial charge >= 0.3 is 0 Å². The SMILES string of the molecule is CC(C)CNC1(CCl)CC1.Cl. The van der Waals surface area contributed by atoms with Crippen molar-refractivity contribution >= 4 is 24.0 Å². The smallest absolute Gasteiger partial charge is 0.0406 e. The van der Waals surface area contributed by atoms with Crippen LogP contribution < -0.4 is 5.32 Å². The first-order valence-electron chi connectivity index (χ1n) is 3.99. The summed E-state index contributed by atoms with van der Waals surface area (Å²) >= 11 is 5.78. The van der Waals surface area contributed by atoms with Crippen molar-refractivity contribution in [3.63, 3.8) is 0 Å². The second kappa shape index (κ2) is 4.54. The zero-order valence-corrected chi connectivity index (χ0v) is 8.76. The molecule has 0 unspecified atom stereocenters. The van der Waals surface area contributed by atoms with Crippen LogP contribution in [0.25, 0.3) is 0 Å². The Bertz CT molecular complexity index is 111. The van der Waals surface area contributed by atoms with Gasteiger partial charge in [-0.15, -0.1) is 24.0 Å². The normalized spacial score (nSPS) is 19.6. The minimum atomic E-state index is 0. The summed E-state index contributed by atoms with van der Waals surface area (Å²) in [6, 6.07) is 0. The van der Waals surface area contributed by atoms with Gasteiger partial charge in [0.25, 0.3) is 0 Å². The van der Waals surface area contributed by atoms with Gasteiger partial charge < -0.3 is 5.32 Å². The third kappa shape index (κ3) is 3.64. The Morgan fingerprint density at radius 2 is 2.00 bits per heavy atom. The summed E-state index contributed by atoms with van der Waals surface area (Å²) in [5.41, 5.74) is 0.339. The lowest BCUT2D eigenvalue weighted by atomic mass is 10.2. The van der Waals surface area contributed by atoms with Crippen molar-refractivity contribution in [3.8, 4) is 0 Å². The second-order valence-corrected chi connectivity index (χ2v) is 3.96. The molecule has 0 radical (unpaired) electrons. The fraction of sp³-hybridized carbons (Fsp3) is 1.00. The summed E-state index contributed by atoms with van der Waals surface area (Å²) in [5.74, 6) is 1.51. The van der Waals surface area contributed by atoms with E-state index < -0.39 is 0 Å². The summed E-state index contributed by atoms with van der Waals surface area (Å²) in [6.45, 7) is 5.54. The van der Waals surface area contributed by atoms with Crippen molar-refractivity contribution in [2.45, 2.75) is 32.2 Å². The molecule has 0 aromatic heterocycles. The molecule has 0 spiro atoms. The van der Waals surface area contributed by atoms with Crippen LogP contribution >= 0.6 is 24.0 Å². The van der Waals surface area contributed by atoms with Crippen molar-refractivity contribution in [1.82, 2.24) is 5.32 Å². The van der Waals surface area contributed by atoms with Gasteiger partial charge in [0.15, 0.2) is 0 Å². The highest BCUT2D eigenvalue weighted by Gasteiger charge is 2.40. The molecule has 0 aromatic carbocycles. The molecule has 0 saturated heterocycles. The van der Waals surface area contributed by atoms with E-state index in [9.17, 15) is 0 Å². The van der Waals surface area contributed by atoms with Crippen molar-refractivity contribution in [2.75, 3.05) is 12.4 Å². The van der Waals surface area contributed by atoms with E-state index >= 15 is 0 Å². The fourth-order valence-corrected chi connectivity index (χ4v) is 1.29. The van der Waals surface area contributed by atoms with Gasteiger partial charge in [-0.1, -0.05) is 13.8 Å². The standard InChI is InChI=1S/C8H16ClN.ClH/c1-7(2)5-10-8(6-9)3-4-8;/h7,10H,3-6H2,1-2H3;1H. The molecular weight excluding hydrogens is 181 g/mol. The van der Waals surface area contributed by atoms with Crippen LogP contribution in [-0.2, 0) is 0 Å². The van der Waals surface area contributed by atoms with Crippen LogP contribution in [0.5, 0.6) is 0 Å². The average Bonchev–Trinajstić information content (AvgIpc) is 2.64. The average molecular weight is 198 g/mol. The number of alkyl halides is 1. The topological polar surface area (TPSA) is 12.0 Å². The Morgan fingerprint density at radius 1 is 1.45 bits per heavy atom. The molecule has 1 N–H and O–H groups in total. The second-order valence-electron chi connectivity index (χ2n) is 3.69. The Labute approximate surface area is 80.3 Å². The lowest BCUT2D eigenvalue weighted by Crippen LogP contribution is -2.35. The monoisotopic (exact) mass is 197 g/mol. The maximum Gasteiger partial charge on any atom is 0.0406 e. The molecule has 1 aliphatic carbocycles. The van der Waals surface area contributed by atoms with Gasteiger partial charge in [0.2, 0.25) is 0 Å². The molecule has 1 aliphatic rings. The molecule has 1 saturated carbocycles. The van der Waals surface area contributed by atoms with Crippen molar-refractivity contribution in [2.24, 2.45) is 5.92 Å². The largest absolute Gasteiger partial charge is 0.310 e. The molecule has 0 aromatic rings. The fourth-order valence-electron chi connectivity index (χ4n) is 0.929. The maximum absolute atomic E-state index is 5.78. The molecule has 3 heteroatoms. The van der Waals surface area contributed by atoms with Gasteiger partial charge in [0, 0.05) is 11.4 Å². The van der Waals surface area contributed by atoms with Gasteiger partial charge in [-0.25, -0.2) is 0 Å². The van der Waals surface area contributed by atoms with E-state index in [2.05, 4.69) is 19.2 Å². The zero-order valence-electron chi connectivity index (χ0n) is 7.19. The van der Waals surface area contributed by atoms with Crippen LogP contribution in [0.15, 0.2) is 0 Å². The molecule has 1 rings (SSSR count). The van der Waals surface area contributed by atoms with Crippen LogP contribution in [0.3, 0.4) is 0 Å². The Hall–Kier alpha value is 0.540. The van der Waals surface area contributed by atoms with Gasteiger partial charge in [-0.05, 0) is 25.3 Å². The van der Waals surface area contributed by atoms with Crippen LogP contribution in [-0.4, -0.2) is 18.0 Å². The van der Waals surface area contributed by atoms with Crippen LogP contribution in [0, 0.1) is 5.92 Å². The summed E-state index contributed by atoms with van der Waals surface area (Å²) in [4.78, 5) is 0. The third-order valence-corrected chi connectivity index (χ3v) is 2.51. The predicted molar refractivity (Wildman–Crippen MR) is 52.8 cm³/mol. The van der Waals surface area contributed by atoms with Crippen LogP contribution in [0.4, 0.5) is 0 Å². The number of hydrogen-bond acceptors (Lipinski definition) is 1. The van der Waals surface area contributed by atoms with Crippen molar-refractivity contribution in [1.29, 1.82) is 0 Å². The summed E-state index contributed by atoms with van der Waals surface area (Å²) in [7, 11) is 0. The number of hydrogen-bond donors (Lipinski definition) is 1. The molecule has 0 amide bonds. The van der Waals surface area contributed by atoms with E-state index in [0.29, 0.717) is 5.54 Å². The van der Waals surface area contributed by atoms with E-state index in [-0.39, 0.29) is 12.4 Å². The summed E-state index contributed by atoms with van der Waals surface area (Å²) < 4.78 is 0. The molecule has 1 nitrogen and oxygen atoms in total. The van der Waals surface area contributed by atoms with E-state index in [1.165, 1.54) is 12.8 Å². The molecule has 68 valence electrons. The quantitative estimate of drug-likeness (QED) is 0.684. The first-order valence-corrected chi connectivity index (χ1v) is 4.53. The Balaban J connectivity index is 0.000001000. The molecule has 0 bridgehead atoms. The number of halogens is 2. The van der Waals surface area contributed by atoms with Gasteiger partial charge in [0.1, 0.15) is 0 Å². The molecule has 0 aliphatic heterocycles. The third-order valence-electron chi connectivity index (χ3n) is 1.99. The van der Waals surface area contributed by atoms with E-state index in [0.717, 1.165) is 18.3 Å². The minimum Gasteiger partial charge on any atom is -0.310 e. The van der Waals surface area contributed by atoms with Gasteiger partial charge in [-0.3, -0.25) is 0 Å². The Kier molecular flexibility index (Phi) is 4.76. The number of rotatable bonds is 4. The molecule has 1 fully saturated rings. The minimum absolute atomic E-state index is 0. The highest BCUT2D eigenvalue weighted by atomic mass is 35.5. The Morgan fingerprint density at radius 3 is 2.27 bits per heavy atom. The molecular formula is C8H17Cl2N.